The average molecular weight is 441 g/mol. The first-order chi connectivity index (χ1) is 15.8. The molecule has 0 bridgehead atoms. The fraction of sp³-hybridized carbons (Fsp3) is 0.478. The Morgan fingerprint density at radius 2 is 1.84 bits per heavy atom. The normalized spacial score (nSPS) is 17.5. The van der Waals surface area contributed by atoms with E-state index in [9.17, 15) is 0 Å². The third-order valence-corrected chi connectivity index (χ3v) is 5.49. The first-order valence-electron chi connectivity index (χ1n) is 11.1. The molecule has 9 nitrogen and oxygen atoms in total. The minimum atomic E-state index is 0.582. The van der Waals surface area contributed by atoms with Gasteiger partial charge in [0, 0.05) is 63.3 Å². The van der Waals surface area contributed by atoms with Gasteiger partial charge in [-0.2, -0.15) is 10.1 Å². The number of morpholine rings is 2. The second-order valence-corrected chi connectivity index (χ2v) is 7.70. The van der Waals surface area contributed by atoms with Crippen molar-refractivity contribution in [3.63, 3.8) is 0 Å². The molecule has 0 amide bonds. The minimum absolute atomic E-state index is 0.582. The van der Waals surface area contributed by atoms with Crippen LogP contribution in [-0.4, -0.2) is 88.9 Å². The zero-order valence-corrected chi connectivity index (χ0v) is 18.6. The largest absolute Gasteiger partial charge is 0.476 e. The highest BCUT2D eigenvalue weighted by Gasteiger charge is 2.15. The Balaban J connectivity index is 1.43. The highest BCUT2D eigenvalue weighted by molar-refractivity contribution is 5.81. The van der Waals surface area contributed by atoms with Crippen LogP contribution in [0.3, 0.4) is 0 Å². The molecule has 0 atom stereocenters. The van der Waals surface area contributed by atoms with Gasteiger partial charge in [-0.05, 0) is 17.7 Å². The third-order valence-electron chi connectivity index (χ3n) is 5.49. The van der Waals surface area contributed by atoms with Crippen molar-refractivity contribution in [2.45, 2.75) is 0 Å². The minimum Gasteiger partial charge on any atom is -0.476 e. The Labute approximate surface area is 189 Å². The lowest BCUT2D eigenvalue weighted by molar-refractivity contribution is 0.0320. The van der Waals surface area contributed by atoms with Crippen molar-refractivity contribution < 1.29 is 14.2 Å². The van der Waals surface area contributed by atoms with Gasteiger partial charge in [-0.3, -0.25) is 10.3 Å². The molecule has 172 valence electrons. The molecule has 1 aromatic heterocycles. The number of benzene rings is 1. The maximum atomic E-state index is 6.02. The zero-order chi connectivity index (χ0) is 22.0. The number of anilines is 3. The van der Waals surface area contributed by atoms with E-state index in [-0.39, 0.29) is 0 Å². The van der Waals surface area contributed by atoms with Gasteiger partial charge in [0.15, 0.2) is 5.82 Å². The van der Waals surface area contributed by atoms with Gasteiger partial charge < -0.3 is 24.4 Å². The van der Waals surface area contributed by atoms with Gasteiger partial charge >= 0.3 is 0 Å². The Kier molecular flexibility index (Phi) is 8.13. The lowest BCUT2D eigenvalue weighted by Crippen LogP contribution is -2.38. The van der Waals surface area contributed by atoms with Gasteiger partial charge in [0.25, 0.3) is 0 Å². The standard InChI is InChI=1S/C23H32N6O3/c1-24-20-4-2-3-19(15-20)18-25-27-22-16-21(29-8-12-31-13-9-29)17-23(26-22)32-14-7-28-5-10-30-11-6-28/h2-4,15-18,24H,5-14H2,1H3,(H,26,27)/b25-18+. The topological polar surface area (TPSA) is 83.5 Å². The van der Waals surface area contributed by atoms with Crippen LogP contribution in [0.15, 0.2) is 41.5 Å². The summed E-state index contributed by atoms with van der Waals surface area (Å²) in [5.41, 5.74) is 6.15. The fourth-order valence-corrected chi connectivity index (χ4v) is 3.68. The predicted octanol–water partition coefficient (Wildman–Crippen LogP) is 2.12. The number of hydrazone groups is 1. The number of rotatable bonds is 9. The summed E-state index contributed by atoms with van der Waals surface area (Å²) in [5.74, 6) is 1.24. The average Bonchev–Trinajstić information content (AvgIpc) is 2.85. The zero-order valence-electron chi connectivity index (χ0n) is 18.6. The Morgan fingerprint density at radius 1 is 1.06 bits per heavy atom. The molecule has 0 spiro atoms. The number of aromatic nitrogens is 1. The maximum absolute atomic E-state index is 6.02. The van der Waals surface area contributed by atoms with Gasteiger partial charge in [0.1, 0.15) is 6.61 Å². The van der Waals surface area contributed by atoms with Crippen molar-refractivity contribution in [1.29, 1.82) is 0 Å². The van der Waals surface area contributed by atoms with E-state index in [2.05, 4.69) is 30.6 Å². The second kappa shape index (κ2) is 11.7. The van der Waals surface area contributed by atoms with Crippen molar-refractivity contribution in [1.82, 2.24) is 9.88 Å². The van der Waals surface area contributed by atoms with E-state index >= 15 is 0 Å². The molecule has 1 aromatic carbocycles. The number of nitrogens with zero attached hydrogens (tertiary/aromatic N) is 4. The first kappa shape index (κ1) is 22.3. The number of nitrogens with one attached hydrogen (secondary N) is 2. The first-order valence-corrected chi connectivity index (χ1v) is 11.1. The number of ether oxygens (including phenoxy) is 3. The molecule has 2 aromatic rings. The van der Waals surface area contributed by atoms with Gasteiger partial charge in [0.2, 0.25) is 5.88 Å². The molecule has 2 N–H and O–H groups in total. The van der Waals surface area contributed by atoms with E-state index in [1.165, 1.54) is 0 Å². The summed E-state index contributed by atoms with van der Waals surface area (Å²) < 4.78 is 16.9. The lowest BCUT2D eigenvalue weighted by atomic mass is 10.2. The van der Waals surface area contributed by atoms with E-state index in [1.807, 2.05) is 43.4 Å². The quantitative estimate of drug-likeness (QED) is 0.453. The number of pyridine rings is 1. The SMILES string of the molecule is CNc1cccc(/C=N/Nc2cc(N3CCOCC3)cc(OCCN3CCOCC3)n2)c1. The van der Waals surface area contributed by atoms with Crippen molar-refractivity contribution in [2.75, 3.05) is 88.4 Å². The summed E-state index contributed by atoms with van der Waals surface area (Å²) in [4.78, 5) is 9.24. The molecule has 0 saturated carbocycles. The van der Waals surface area contributed by atoms with Gasteiger partial charge in [-0.25, -0.2) is 0 Å². The van der Waals surface area contributed by atoms with Crippen LogP contribution in [0, 0.1) is 0 Å². The van der Waals surface area contributed by atoms with Crippen molar-refractivity contribution in [3.05, 3.63) is 42.0 Å². The van der Waals surface area contributed by atoms with Crippen molar-refractivity contribution >= 4 is 23.4 Å². The number of hydrogen-bond donors (Lipinski definition) is 2. The summed E-state index contributed by atoms with van der Waals surface area (Å²) in [6, 6.07) is 12.0. The van der Waals surface area contributed by atoms with E-state index in [1.54, 1.807) is 6.21 Å². The van der Waals surface area contributed by atoms with E-state index in [0.717, 1.165) is 76.1 Å². The molecule has 2 fully saturated rings. The van der Waals surface area contributed by atoms with E-state index in [4.69, 9.17) is 14.2 Å². The molecular formula is C23H32N6O3. The van der Waals surface area contributed by atoms with Crippen LogP contribution in [0.2, 0.25) is 0 Å². The van der Waals surface area contributed by atoms with E-state index < -0.39 is 0 Å². The monoisotopic (exact) mass is 440 g/mol. The number of hydrogen-bond acceptors (Lipinski definition) is 9. The molecule has 3 heterocycles. The van der Waals surface area contributed by atoms with Gasteiger partial charge in [-0.1, -0.05) is 12.1 Å². The van der Waals surface area contributed by atoms with E-state index in [0.29, 0.717) is 18.3 Å². The van der Waals surface area contributed by atoms with Crippen LogP contribution < -0.4 is 20.4 Å². The summed E-state index contributed by atoms with van der Waals surface area (Å²) in [5, 5.41) is 7.52. The lowest BCUT2D eigenvalue weighted by Gasteiger charge is -2.29. The Hall–Kier alpha value is -2.88. The summed E-state index contributed by atoms with van der Waals surface area (Å²) in [6.45, 7) is 8.03. The van der Waals surface area contributed by atoms with Crippen LogP contribution in [0.5, 0.6) is 5.88 Å². The van der Waals surface area contributed by atoms with Crippen LogP contribution >= 0.6 is 0 Å². The summed E-state index contributed by atoms with van der Waals surface area (Å²) >= 11 is 0. The van der Waals surface area contributed by atoms with Crippen LogP contribution in [0.1, 0.15) is 5.56 Å². The Bertz CT molecular complexity index is 882. The summed E-state index contributed by atoms with van der Waals surface area (Å²) in [6.07, 6.45) is 1.78. The molecule has 0 unspecified atom stereocenters. The van der Waals surface area contributed by atoms with Gasteiger partial charge in [-0.15, -0.1) is 0 Å². The maximum Gasteiger partial charge on any atom is 0.217 e. The highest BCUT2D eigenvalue weighted by atomic mass is 16.5. The van der Waals surface area contributed by atoms with Gasteiger partial charge in [0.05, 0.1) is 32.6 Å². The van der Waals surface area contributed by atoms with Crippen molar-refractivity contribution in [2.24, 2.45) is 5.10 Å². The molecule has 2 saturated heterocycles. The van der Waals surface area contributed by atoms with Crippen LogP contribution in [0.4, 0.5) is 17.2 Å². The third kappa shape index (κ3) is 6.56. The molecule has 2 aliphatic rings. The fourth-order valence-electron chi connectivity index (χ4n) is 3.68. The molecule has 2 aliphatic heterocycles. The molecule has 9 heteroatoms. The molecule has 32 heavy (non-hydrogen) atoms. The molecular weight excluding hydrogens is 408 g/mol. The second-order valence-electron chi connectivity index (χ2n) is 7.70. The smallest absolute Gasteiger partial charge is 0.217 e. The predicted molar refractivity (Wildman–Crippen MR) is 127 cm³/mol. The molecule has 0 radical (unpaired) electrons. The van der Waals surface area contributed by atoms with Crippen molar-refractivity contribution in [3.8, 4) is 5.88 Å². The highest BCUT2D eigenvalue weighted by Crippen LogP contribution is 2.25. The van der Waals surface area contributed by atoms with Crippen LogP contribution in [-0.2, 0) is 9.47 Å². The molecule has 4 rings (SSSR count). The summed E-state index contributed by atoms with van der Waals surface area (Å²) in [7, 11) is 1.90. The Morgan fingerprint density at radius 3 is 2.62 bits per heavy atom. The molecule has 0 aliphatic carbocycles. The van der Waals surface area contributed by atoms with Crippen LogP contribution in [0.25, 0.3) is 0 Å².